The molecule has 1 atom stereocenters. The van der Waals surface area contributed by atoms with E-state index in [4.69, 9.17) is 16.3 Å². The van der Waals surface area contributed by atoms with E-state index in [0.29, 0.717) is 6.04 Å². The molecule has 0 saturated carbocycles. The predicted octanol–water partition coefficient (Wildman–Crippen LogP) is 5.82. The van der Waals surface area contributed by atoms with Crippen LogP contribution in [-0.2, 0) is 0 Å². The van der Waals surface area contributed by atoms with Crippen molar-refractivity contribution in [3.8, 4) is 5.75 Å². The summed E-state index contributed by atoms with van der Waals surface area (Å²) in [7, 11) is 1.68. The first-order valence-corrected chi connectivity index (χ1v) is 8.07. The Balaban J connectivity index is 2.48. The Kier molecular flexibility index (Phi) is 7.83. The van der Waals surface area contributed by atoms with Crippen LogP contribution in [0, 0.1) is 6.92 Å². The van der Waals surface area contributed by atoms with Crippen molar-refractivity contribution in [3.63, 3.8) is 0 Å². The molecule has 0 fully saturated rings. The van der Waals surface area contributed by atoms with E-state index in [9.17, 15) is 0 Å². The largest absolute Gasteiger partial charge is 0.495 e. The van der Waals surface area contributed by atoms with Crippen LogP contribution in [0.15, 0.2) is 12.1 Å². The molecule has 0 aliphatic heterocycles. The van der Waals surface area contributed by atoms with Crippen molar-refractivity contribution in [2.24, 2.45) is 0 Å². The first-order valence-electron chi connectivity index (χ1n) is 7.69. The molecule has 3 heteroatoms. The predicted molar refractivity (Wildman–Crippen MR) is 89.2 cm³/mol. The number of ether oxygens (including phenoxy) is 1. The Labute approximate surface area is 128 Å². The molecule has 0 amide bonds. The lowest BCUT2D eigenvalue weighted by atomic mass is 10.1. The number of benzene rings is 1. The normalized spacial score (nSPS) is 12.2. The van der Waals surface area contributed by atoms with Gasteiger partial charge in [0.05, 0.1) is 12.8 Å². The summed E-state index contributed by atoms with van der Waals surface area (Å²) in [6, 6.07) is 4.40. The zero-order chi connectivity index (χ0) is 15.0. The van der Waals surface area contributed by atoms with E-state index in [1.165, 1.54) is 38.5 Å². The highest BCUT2D eigenvalue weighted by molar-refractivity contribution is 6.31. The minimum atomic E-state index is 0.450. The SMILES string of the molecule is CCCCCCCC(C)Nc1cc(C)c(Cl)cc1OC. The van der Waals surface area contributed by atoms with Crippen molar-refractivity contribution in [3.05, 3.63) is 22.7 Å². The lowest BCUT2D eigenvalue weighted by Gasteiger charge is -2.18. The smallest absolute Gasteiger partial charge is 0.143 e. The van der Waals surface area contributed by atoms with Crippen LogP contribution in [0.1, 0.15) is 57.9 Å². The number of halogens is 1. The molecule has 1 unspecified atom stereocenters. The van der Waals surface area contributed by atoms with Crippen LogP contribution in [-0.4, -0.2) is 13.2 Å². The first-order chi connectivity index (χ1) is 9.58. The van der Waals surface area contributed by atoms with Crippen molar-refractivity contribution < 1.29 is 4.74 Å². The molecule has 0 bridgehead atoms. The molecule has 2 nitrogen and oxygen atoms in total. The Morgan fingerprint density at radius 1 is 1.20 bits per heavy atom. The van der Waals surface area contributed by atoms with Crippen molar-refractivity contribution in [1.82, 2.24) is 0 Å². The lowest BCUT2D eigenvalue weighted by Crippen LogP contribution is -2.15. The van der Waals surface area contributed by atoms with Gasteiger partial charge in [0.25, 0.3) is 0 Å². The second-order valence-electron chi connectivity index (χ2n) is 5.55. The highest BCUT2D eigenvalue weighted by atomic mass is 35.5. The van der Waals surface area contributed by atoms with Crippen molar-refractivity contribution in [1.29, 1.82) is 0 Å². The Bertz CT molecular complexity index is 406. The fourth-order valence-electron chi connectivity index (χ4n) is 2.34. The van der Waals surface area contributed by atoms with E-state index in [-0.39, 0.29) is 0 Å². The molecule has 1 aromatic carbocycles. The third-order valence-electron chi connectivity index (χ3n) is 3.62. The van der Waals surface area contributed by atoms with Gasteiger partial charge in [-0.3, -0.25) is 0 Å². The van der Waals surface area contributed by atoms with Crippen LogP contribution in [0.5, 0.6) is 5.75 Å². The van der Waals surface area contributed by atoms with Crippen LogP contribution in [0.25, 0.3) is 0 Å². The van der Waals surface area contributed by atoms with Crippen LogP contribution >= 0.6 is 11.6 Å². The summed E-state index contributed by atoms with van der Waals surface area (Å²) in [4.78, 5) is 0. The van der Waals surface area contributed by atoms with Crippen molar-refractivity contribution >= 4 is 17.3 Å². The van der Waals surface area contributed by atoms with E-state index < -0.39 is 0 Å². The molecule has 20 heavy (non-hydrogen) atoms. The molecule has 1 aromatic rings. The molecule has 0 radical (unpaired) electrons. The maximum atomic E-state index is 6.13. The van der Waals surface area contributed by atoms with Gasteiger partial charge in [-0.05, 0) is 31.9 Å². The van der Waals surface area contributed by atoms with Gasteiger partial charge >= 0.3 is 0 Å². The van der Waals surface area contributed by atoms with E-state index in [0.717, 1.165) is 22.0 Å². The number of hydrogen-bond acceptors (Lipinski definition) is 2. The fraction of sp³-hybridized carbons (Fsp3) is 0.647. The maximum Gasteiger partial charge on any atom is 0.143 e. The number of aryl methyl sites for hydroxylation is 1. The Morgan fingerprint density at radius 2 is 1.90 bits per heavy atom. The zero-order valence-electron chi connectivity index (χ0n) is 13.3. The molecule has 0 aliphatic carbocycles. The first kappa shape index (κ1) is 17.2. The van der Waals surface area contributed by atoms with Crippen LogP contribution < -0.4 is 10.1 Å². The van der Waals surface area contributed by atoms with Crippen LogP contribution in [0.2, 0.25) is 5.02 Å². The second kappa shape index (κ2) is 9.12. The molecule has 1 N–H and O–H groups in total. The monoisotopic (exact) mass is 297 g/mol. The lowest BCUT2D eigenvalue weighted by molar-refractivity contribution is 0.415. The van der Waals surface area contributed by atoms with Gasteiger partial charge in [-0.25, -0.2) is 0 Å². The summed E-state index contributed by atoms with van der Waals surface area (Å²) >= 11 is 6.13. The fourth-order valence-corrected chi connectivity index (χ4v) is 2.49. The summed E-state index contributed by atoms with van der Waals surface area (Å²) in [5.74, 6) is 0.818. The summed E-state index contributed by atoms with van der Waals surface area (Å²) in [5, 5.41) is 4.29. The second-order valence-corrected chi connectivity index (χ2v) is 5.96. The summed E-state index contributed by atoms with van der Waals surface area (Å²) in [5.41, 5.74) is 2.11. The quantitative estimate of drug-likeness (QED) is 0.580. The molecule has 0 saturated heterocycles. The minimum absolute atomic E-state index is 0.450. The van der Waals surface area contributed by atoms with Gasteiger partial charge in [0.1, 0.15) is 5.75 Å². The van der Waals surface area contributed by atoms with E-state index in [2.05, 4.69) is 25.2 Å². The summed E-state index contributed by atoms with van der Waals surface area (Å²) < 4.78 is 5.39. The number of unbranched alkanes of at least 4 members (excludes halogenated alkanes) is 4. The molecule has 0 aliphatic rings. The number of methoxy groups -OCH3 is 1. The molecular weight excluding hydrogens is 270 g/mol. The highest BCUT2D eigenvalue weighted by Crippen LogP contribution is 2.31. The topological polar surface area (TPSA) is 21.3 Å². The maximum absolute atomic E-state index is 6.13. The number of nitrogens with one attached hydrogen (secondary N) is 1. The Morgan fingerprint density at radius 3 is 2.55 bits per heavy atom. The third kappa shape index (κ3) is 5.62. The third-order valence-corrected chi connectivity index (χ3v) is 4.03. The van der Waals surface area contributed by atoms with E-state index in [1.54, 1.807) is 7.11 Å². The van der Waals surface area contributed by atoms with Gasteiger partial charge in [0, 0.05) is 17.1 Å². The number of hydrogen-bond donors (Lipinski definition) is 1. The van der Waals surface area contributed by atoms with Crippen molar-refractivity contribution in [2.45, 2.75) is 65.3 Å². The van der Waals surface area contributed by atoms with Crippen LogP contribution in [0.3, 0.4) is 0 Å². The number of rotatable bonds is 9. The van der Waals surface area contributed by atoms with Gasteiger partial charge in [0.2, 0.25) is 0 Å². The van der Waals surface area contributed by atoms with Gasteiger partial charge in [-0.1, -0.05) is 50.6 Å². The summed E-state index contributed by atoms with van der Waals surface area (Å²) in [6.45, 7) is 6.49. The average molecular weight is 298 g/mol. The van der Waals surface area contributed by atoms with Crippen molar-refractivity contribution in [2.75, 3.05) is 12.4 Å². The molecular formula is C17H28ClNO. The molecule has 0 aromatic heterocycles. The minimum Gasteiger partial charge on any atom is -0.495 e. The summed E-state index contributed by atoms with van der Waals surface area (Å²) in [6.07, 6.45) is 7.81. The molecule has 0 spiro atoms. The zero-order valence-corrected chi connectivity index (χ0v) is 14.0. The number of anilines is 1. The molecule has 1 rings (SSSR count). The standard InChI is InChI=1S/C17H28ClNO/c1-5-6-7-8-9-10-14(3)19-16-11-13(2)15(18)12-17(16)20-4/h11-12,14,19H,5-10H2,1-4H3. The average Bonchev–Trinajstić information content (AvgIpc) is 2.42. The molecule has 0 heterocycles. The van der Waals surface area contributed by atoms with Gasteiger partial charge in [-0.2, -0.15) is 0 Å². The highest BCUT2D eigenvalue weighted by Gasteiger charge is 2.09. The van der Waals surface area contributed by atoms with Gasteiger partial charge in [0.15, 0.2) is 0 Å². The van der Waals surface area contributed by atoms with Crippen LogP contribution in [0.4, 0.5) is 5.69 Å². The van der Waals surface area contributed by atoms with E-state index in [1.807, 2.05) is 13.0 Å². The Hall–Kier alpha value is -0.890. The van der Waals surface area contributed by atoms with E-state index >= 15 is 0 Å². The van der Waals surface area contributed by atoms with Gasteiger partial charge in [-0.15, -0.1) is 0 Å². The van der Waals surface area contributed by atoms with Gasteiger partial charge < -0.3 is 10.1 Å². The molecule has 114 valence electrons.